The molecule has 1 atom stereocenters. The van der Waals surface area contributed by atoms with Crippen molar-refractivity contribution in [3.8, 4) is 0 Å². The molecule has 0 amide bonds. The summed E-state index contributed by atoms with van der Waals surface area (Å²) in [6.07, 6.45) is 0.505. The standard InChI is InChI=1S/C11H19N3O4S/c1-18-7-9(4-5-15)14-8-2-3-11(10(12)6-8)19(13,16)17/h2-3,6,9,14-15H,4-5,7,12H2,1H3,(H2,13,16,17). The number of hydrogen-bond acceptors (Lipinski definition) is 6. The van der Waals surface area contributed by atoms with Crippen molar-refractivity contribution in [3.63, 3.8) is 0 Å². The quantitative estimate of drug-likeness (QED) is 0.511. The zero-order chi connectivity index (χ0) is 14.5. The second-order valence-corrected chi connectivity index (χ2v) is 5.64. The number of primary sulfonamides is 1. The van der Waals surface area contributed by atoms with E-state index in [9.17, 15) is 8.42 Å². The zero-order valence-corrected chi connectivity index (χ0v) is 11.5. The number of sulfonamides is 1. The predicted molar refractivity (Wildman–Crippen MR) is 73.2 cm³/mol. The fourth-order valence-electron chi connectivity index (χ4n) is 1.69. The first kappa shape index (κ1) is 15.7. The highest BCUT2D eigenvalue weighted by Crippen LogP contribution is 2.22. The number of methoxy groups -OCH3 is 1. The number of aliphatic hydroxyl groups excluding tert-OH is 1. The summed E-state index contributed by atoms with van der Waals surface area (Å²) in [5.41, 5.74) is 6.37. The van der Waals surface area contributed by atoms with Gasteiger partial charge in [0.05, 0.1) is 18.3 Å². The van der Waals surface area contributed by atoms with Gasteiger partial charge in [-0.3, -0.25) is 0 Å². The smallest absolute Gasteiger partial charge is 0.240 e. The van der Waals surface area contributed by atoms with E-state index < -0.39 is 10.0 Å². The monoisotopic (exact) mass is 289 g/mol. The molecule has 108 valence electrons. The molecule has 0 heterocycles. The van der Waals surface area contributed by atoms with Crippen LogP contribution in [0.25, 0.3) is 0 Å². The van der Waals surface area contributed by atoms with E-state index in [1.165, 1.54) is 12.1 Å². The highest BCUT2D eigenvalue weighted by Gasteiger charge is 2.14. The van der Waals surface area contributed by atoms with E-state index in [4.69, 9.17) is 20.7 Å². The summed E-state index contributed by atoms with van der Waals surface area (Å²) in [4.78, 5) is -0.108. The van der Waals surface area contributed by atoms with Crippen LogP contribution in [0.1, 0.15) is 6.42 Å². The minimum atomic E-state index is -3.82. The minimum Gasteiger partial charge on any atom is -0.398 e. The first-order chi connectivity index (χ1) is 8.88. The Balaban J connectivity index is 2.88. The van der Waals surface area contributed by atoms with Crippen molar-refractivity contribution in [1.29, 1.82) is 0 Å². The zero-order valence-electron chi connectivity index (χ0n) is 10.7. The van der Waals surface area contributed by atoms with Crippen LogP contribution in [0.5, 0.6) is 0 Å². The van der Waals surface area contributed by atoms with Gasteiger partial charge in [0.25, 0.3) is 0 Å². The molecule has 0 aliphatic rings. The highest BCUT2D eigenvalue weighted by atomic mass is 32.2. The van der Waals surface area contributed by atoms with E-state index in [1.807, 2.05) is 0 Å². The van der Waals surface area contributed by atoms with Crippen molar-refractivity contribution in [3.05, 3.63) is 18.2 Å². The van der Waals surface area contributed by atoms with Crippen LogP contribution in [-0.4, -0.2) is 39.9 Å². The van der Waals surface area contributed by atoms with Crippen LogP contribution < -0.4 is 16.2 Å². The number of nitrogens with two attached hydrogens (primary N) is 2. The molecule has 1 rings (SSSR count). The predicted octanol–water partition coefficient (Wildman–Crippen LogP) is -0.274. The van der Waals surface area contributed by atoms with Gasteiger partial charge in [0, 0.05) is 19.4 Å². The molecule has 0 bridgehead atoms. The Hall–Kier alpha value is -1.35. The Labute approximate surface area is 112 Å². The number of nitrogen functional groups attached to an aromatic ring is 1. The van der Waals surface area contributed by atoms with Gasteiger partial charge in [0.15, 0.2) is 0 Å². The lowest BCUT2D eigenvalue weighted by atomic mass is 10.2. The van der Waals surface area contributed by atoms with E-state index in [1.54, 1.807) is 13.2 Å². The molecule has 19 heavy (non-hydrogen) atoms. The van der Waals surface area contributed by atoms with Gasteiger partial charge in [-0.1, -0.05) is 0 Å². The van der Waals surface area contributed by atoms with Crippen molar-refractivity contribution < 1.29 is 18.3 Å². The lowest BCUT2D eigenvalue weighted by molar-refractivity contribution is 0.170. The van der Waals surface area contributed by atoms with E-state index >= 15 is 0 Å². The van der Waals surface area contributed by atoms with Crippen LogP contribution in [0.2, 0.25) is 0 Å². The van der Waals surface area contributed by atoms with Crippen molar-refractivity contribution >= 4 is 21.4 Å². The molecule has 1 aromatic rings. The Morgan fingerprint density at radius 1 is 1.47 bits per heavy atom. The van der Waals surface area contributed by atoms with Crippen LogP contribution in [0.3, 0.4) is 0 Å². The summed E-state index contributed by atoms with van der Waals surface area (Å²) < 4.78 is 27.4. The number of nitrogens with one attached hydrogen (secondary N) is 1. The van der Waals surface area contributed by atoms with Gasteiger partial charge in [0.1, 0.15) is 4.90 Å². The molecule has 0 saturated carbocycles. The van der Waals surface area contributed by atoms with Gasteiger partial charge >= 0.3 is 0 Å². The van der Waals surface area contributed by atoms with Crippen LogP contribution >= 0.6 is 0 Å². The number of aliphatic hydroxyl groups is 1. The van der Waals surface area contributed by atoms with Crippen molar-refractivity contribution in [2.45, 2.75) is 17.4 Å². The van der Waals surface area contributed by atoms with Gasteiger partial charge in [-0.15, -0.1) is 0 Å². The fourth-order valence-corrected chi connectivity index (χ4v) is 2.33. The second-order valence-electron chi connectivity index (χ2n) is 4.11. The molecule has 0 fully saturated rings. The van der Waals surface area contributed by atoms with Crippen molar-refractivity contribution in [1.82, 2.24) is 0 Å². The SMILES string of the molecule is COCC(CCO)Nc1ccc(S(N)(=O)=O)c(N)c1. The Bertz CT molecular complexity index is 513. The molecule has 0 radical (unpaired) electrons. The minimum absolute atomic E-state index is 0.0196. The molecule has 0 saturated heterocycles. The summed E-state index contributed by atoms with van der Waals surface area (Å²) in [7, 11) is -2.26. The van der Waals surface area contributed by atoms with E-state index in [-0.39, 0.29) is 23.2 Å². The van der Waals surface area contributed by atoms with Gasteiger partial charge in [0.2, 0.25) is 10.0 Å². The van der Waals surface area contributed by atoms with Crippen LogP contribution in [0.4, 0.5) is 11.4 Å². The summed E-state index contributed by atoms with van der Waals surface area (Å²) in [5, 5.41) is 17.1. The Kier molecular flexibility index (Phi) is 5.55. The second kappa shape index (κ2) is 6.71. The number of rotatable bonds is 7. The molecule has 6 N–H and O–H groups in total. The first-order valence-electron chi connectivity index (χ1n) is 5.67. The third kappa shape index (κ3) is 4.67. The lowest BCUT2D eigenvalue weighted by Crippen LogP contribution is -2.26. The molecule has 1 aromatic carbocycles. The summed E-state index contributed by atoms with van der Waals surface area (Å²) >= 11 is 0. The largest absolute Gasteiger partial charge is 0.398 e. The normalized spacial score (nSPS) is 13.2. The molecule has 0 spiro atoms. The van der Waals surface area contributed by atoms with Crippen LogP contribution in [-0.2, 0) is 14.8 Å². The van der Waals surface area contributed by atoms with Gasteiger partial charge < -0.3 is 20.9 Å². The Morgan fingerprint density at radius 3 is 2.63 bits per heavy atom. The highest BCUT2D eigenvalue weighted by molar-refractivity contribution is 7.89. The molecule has 0 aliphatic heterocycles. The number of anilines is 2. The topological polar surface area (TPSA) is 128 Å². The average molecular weight is 289 g/mol. The number of ether oxygens (including phenoxy) is 1. The maximum absolute atomic E-state index is 11.2. The maximum atomic E-state index is 11.2. The number of benzene rings is 1. The number of hydrogen-bond donors (Lipinski definition) is 4. The molecule has 8 heteroatoms. The average Bonchev–Trinajstić information content (AvgIpc) is 2.28. The van der Waals surface area contributed by atoms with Crippen LogP contribution in [0.15, 0.2) is 23.1 Å². The lowest BCUT2D eigenvalue weighted by Gasteiger charge is -2.18. The van der Waals surface area contributed by atoms with Gasteiger partial charge in [-0.2, -0.15) is 0 Å². The molecule has 0 aromatic heterocycles. The molecule has 0 aliphatic carbocycles. The third-order valence-corrected chi connectivity index (χ3v) is 3.52. The summed E-state index contributed by atoms with van der Waals surface area (Å²) in [6, 6.07) is 4.31. The fraction of sp³-hybridized carbons (Fsp3) is 0.455. The molecular weight excluding hydrogens is 270 g/mol. The van der Waals surface area contributed by atoms with Gasteiger partial charge in [-0.25, -0.2) is 13.6 Å². The van der Waals surface area contributed by atoms with E-state index in [0.717, 1.165) is 0 Å². The maximum Gasteiger partial charge on any atom is 0.240 e. The van der Waals surface area contributed by atoms with Crippen molar-refractivity contribution in [2.24, 2.45) is 5.14 Å². The van der Waals surface area contributed by atoms with E-state index in [0.29, 0.717) is 18.7 Å². The Morgan fingerprint density at radius 2 is 2.16 bits per heavy atom. The molecule has 1 unspecified atom stereocenters. The van der Waals surface area contributed by atoms with E-state index in [2.05, 4.69) is 5.32 Å². The third-order valence-electron chi connectivity index (χ3n) is 2.53. The first-order valence-corrected chi connectivity index (χ1v) is 7.21. The van der Waals surface area contributed by atoms with Gasteiger partial charge in [-0.05, 0) is 24.6 Å². The molecule has 7 nitrogen and oxygen atoms in total. The van der Waals surface area contributed by atoms with Crippen LogP contribution in [0, 0.1) is 0 Å². The molecular formula is C11H19N3O4S. The van der Waals surface area contributed by atoms with Crippen molar-refractivity contribution in [2.75, 3.05) is 31.4 Å². The summed E-state index contributed by atoms with van der Waals surface area (Å²) in [6.45, 7) is 0.434. The summed E-state index contributed by atoms with van der Waals surface area (Å²) in [5.74, 6) is 0.